The number of ether oxygens (including phenoxy) is 1. The molecule has 0 saturated carbocycles. The van der Waals surface area contributed by atoms with E-state index in [1.165, 1.54) is 7.11 Å². The normalized spacial score (nSPS) is 14.2. The van der Waals surface area contributed by atoms with Gasteiger partial charge in [0.25, 0.3) is 5.91 Å². The first-order valence-corrected chi connectivity index (χ1v) is 8.38. The zero-order valence-corrected chi connectivity index (χ0v) is 15.1. The van der Waals surface area contributed by atoms with Crippen molar-refractivity contribution in [2.75, 3.05) is 32.1 Å². The zero-order valence-electron chi connectivity index (χ0n) is 13.6. The molecule has 0 bridgehead atoms. The molecule has 0 spiro atoms. The van der Waals surface area contributed by atoms with E-state index in [2.05, 4.69) is 11.0 Å². The molecule has 24 heavy (non-hydrogen) atoms. The molecule has 6 heteroatoms. The lowest BCUT2D eigenvalue weighted by Gasteiger charge is -2.21. The molecule has 0 unspecified atom stereocenters. The van der Waals surface area contributed by atoms with Gasteiger partial charge in [-0.15, -0.1) is 0 Å². The predicted molar refractivity (Wildman–Crippen MR) is 97.5 cm³/mol. The minimum absolute atomic E-state index is 0.0912. The third-order valence-corrected chi connectivity index (χ3v) is 4.77. The number of likely N-dealkylation sites (N-methyl/N-ethyl adjacent to an activating group) is 1. The Balaban J connectivity index is 1.91. The number of fused-ring (bicyclic) bond motifs is 1. The summed E-state index contributed by atoms with van der Waals surface area (Å²) in [4.78, 5) is 16.9. The van der Waals surface area contributed by atoms with Gasteiger partial charge in [-0.2, -0.15) is 0 Å². The van der Waals surface area contributed by atoms with E-state index < -0.39 is 0 Å². The van der Waals surface area contributed by atoms with Crippen LogP contribution < -0.4 is 9.64 Å². The third kappa shape index (κ3) is 3.17. The van der Waals surface area contributed by atoms with Crippen LogP contribution in [0.3, 0.4) is 0 Å². The van der Waals surface area contributed by atoms with Gasteiger partial charge in [0.1, 0.15) is 0 Å². The SMILES string of the molecule is COc1c(Cl)cc(C(=O)N2CCN(C)c3ccccc3C2)cc1Cl. The van der Waals surface area contributed by atoms with Crippen molar-refractivity contribution in [2.24, 2.45) is 0 Å². The quantitative estimate of drug-likeness (QED) is 0.804. The molecular weight excluding hydrogens is 347 g/mol. The fourth-order valence-corrected chi connectivity index (χ4v) is 3.57. The van der Waals surface area contributed by atoms with E-state index in [9.17, 15) is 4.79 Å². The fraction of sp³-hybridized carbons (Fsp3) is 0.278. The molecule has 0 radical (unpaired) electrons. The minimum atomic E-state index is -0.0912. The van der Waals surface area contributed by atoms with E-state index in [-0.39, 0.29) is 5.91 Å². The molecule has 126 valence electrons. The van der Waals surface area contributed by atoms with Crippen molar-refractivity contribution in [1.82, 2.24) is 4.90 Å². The maximum Gasteiger partial charge on any atom is 0.254 e. The van der Waals surface area contributed by atoms with Gasteiger partial charge in [-0.25, -0.2) is 0 Å². The Morgan fingerprint density at radius 3 is 2.46 bits per heavy atom. The van der Waals surface area contributed by atoms with Crippen molar-refractivity contribution in [3.8, 4) is 5.75 Å². The second-order valence-electron chi connectivity index (χ2n) is 5.75. The number of amides is 1. The Kier molecular flexibility index (Phi) is 4.88. The largest absolute Gasteiger partial charge is 0.494 e. The van der Waals surface area contributed by atoms with Crippen LogP contribution in [0, 0.1) is 0 Å². The highest BCUT2D eigenvalue weighted by Crippen LogP contribution is 2.34. The Bertz CT molecular complexity index is 756. The van der Waals surface area contributed by atoms with Gasteiger partial charge in [-0.3, -0.25) is 4.79 Å². The number of hydrogen-bond acceptors (Lipinski definition) is 3. The first-order chi connectivity index (χ1) is 11.5. The highest BCUT2D eigenvalue weighted by molar-refractivity contribution is 6.37. The summed E-state index contributed by atoms with van der Waals surface area (Å²) in [6, 6.07) is 11.3. The number of rotatable bonds is 2. The Morgan fingerprint density at radius 2 is 1.79 bits per heavy atom. The van der Waals surface area contributed by atoms with Crippen molar-refractivity contribution >= 4 is 34.8 Å². The number of carbonyl (C=O) groups excluding carboxylic acids is 1. The van der Waals surface area contributed by atoms with Crippen molar-refractivity contribution in [3.05, 3.63) is 57.6 Å². The van der Waals surface area contributed by atoms with Gasteiger partial charge in [-0.05, 0) is 23.8 Å². The Labute approximate surface area is 151 Å². The molecule has 1 amide bonds. The van der Waals surface area contributed by atoms with Crippen LogP contribution in [-0.4, -0.2) is 38.1 Å². The van der Waals surface area contributed by atoms with Gasteiger partial charge in [0.2, 0.25) is 0 Å². The molecule has 0 aliphatic carbocycles. The molecule has 1 heterocycles. The lowest BCUT2D eigenvalue weighted by molar-refractivity contribution is 0.0751. The van der Waals surface area contributed by atoms with E-state index in [1.54, 1.807) is 12.1 Å². The Hall–Kier alpha value is -1.91. The van der Waals surface area contributed by atoms with E-state index in [0.29, 0.717) is 34.4 Å². The number of halogens is 2. The average molecular weight is 365 g/mol. The van der Waals surface area contributed by atoms with Crippen LogP contribution in [0.2, 0.25) is 10.0 Å². The van der Waals surface area contributed by atoms with E-state index in [0.717, 1.165) is 17.8 Å². The first-order valence-electron chi connectivity index (χ1n) is 7.62. The average Bonchev–Trinajstić information content (AvgIpc) is 2.73. The second-order valence-corrected chi connectivity index (χ2v) is 6.56. The van der Waals surface area contributed by atoms with E-state index in [1.807, 2.05) is 30.1 Å². The maximum atomic E-state index is 12.9. The minimum Gasteiger partial charge on any atom is -0.494 e. The lowest BCUT2D eigenvalue weighted by Crippen LogP contribution is -2.34. The number of methoxy groups -OCH3 is 1. The van der Waals surface area contributed by atoms with Gasteiger partial charge in [0.05, 0.1) is 17.2 Å². The summed E-state index contributed by atoms with van der Waals surface area (Å²) in [7, 11) is 3.53. The molecule has 3 rings (SSSR count). The molecule has 1 aliphatic heterocycles. The summed E-state index contributed by atoms with van der Waals surface area (Å²) in [5, 5.41) is 0.668. The van der Waals surface area contributed by atoms with Gasteiger partial charge in [-0.1, -0.05) is 41.4 Å². The summed E-state index contributed by atoms with van der Waals surface area (Å²) in [5.74, 6) is 0.294. The molecule has 0 atom stereocenters. The molecule has 2 aromatic carbocycles. The summed E-state index contributed by atoms with van der Waals surface area (Å²) < 4.78 is 5.14. The van der Waals surface area contributed by atoms with E-state index >= 15 is 0 Å². The molecule has 2 aromatic rings. The van der Waals surface area contributed by atoms with Crippen LogP contribution in [-0.2, 0) is 6.54 Å². The van der Waals surface area contributed by atoms with Crippen molar-refractivity contribution < 1.29 is 9.53 Å². The predicted octanol–water partition coefficient (Wildman–Crippen LogP) is 4.09. The van der Waals surface area contributed by atoms with Gasteiger partial charge >= 0.3 is 0 Å². The topological polar surface area (TPSA) is 32.8 Å². The lowest BCUT2D eigenvalue weighted by atomic mass is 10.1. The molecule has 0 saturated heterocycles. The third-order valence-electron chi connectivity index (χ3n) is 4.21. The monoisotopic (exact) mass is 364 g/mol. The summed E-state index contributed by atoms with van der Waals surface area (Å²) in [5.41, 5.74) is 2.74. The summed E-state index contributed by atoms with van der Waals surface area (Å²) in [6.07, 6.45) is 0. The van der Waals surface area contributed by atoms with Crippen LogP contribution in [0.25, 0.3) is 0 Å². The van der Waals surface area contributed by atoms with Crippen LogP contribution in [0.15, 0.2) is 36.4 Å². The Morgan fingerprint density at radius 1 is 1.12 bits per heavy atom. The number of benzene rings is 2. The second kappa shape index (κ2) is 6.91. The molecule has 4 nitrogen and oxygen atoms in total. The highest BCUT2D eigenvalue weighted by atomic mass is 35.5. The van der Waals surface area contributed by atoms with Gasteiger partial charge < -0.3 is 14.5 Å². The van der Waals surface area contributed by atoms with Crippen LogP contribution >= 0.6 is 23.2 Å². The number of hydrogen-bond donors (Lipinski definition) is 0. The number of nitrogens with zero attached hydrogens (tertiary/aromatic N) is 2. The molecule has 1 aliphatic rings. The van der Waals surface area contributed by atoms with Crippen molar-refractivity contribution in [2.45, 2.75) is 6.54 Å². The van der Waals surface area contributed by atoms with Crippen LogP contribution in [0.4, 0.5) is 5.69 Å². The fourth-order valence-electron chi connectivity index (χ4n) is 2.93. The smallest absolute Gasteiger partial charge is 0.254 e. The molecule has 0 N–H and O–H groups in total. The molecular formula is C18H18Cl2N2O2. The van der Waals surface area contributed by atoms with Crippen LogP contribution in [0.5, 0.6) is 5.75 Å². The van der Waals surface area contributed by atoms with Crippen molar-refractivity contribution in [1.29, 1.82) is 0 Å². The van der Waals surface area contributed by atoms with Gasteiger partial charge in [0.15, 0.2) is 5.75 Å². The van der Waals surface area contributed by atoms with E-state index in [4.69, 9.17) is 27.9 Å². The number of carbonyl (C=O) groups is 1. The zero-order chi connectivity index (χ0) is 17.3. The summed E-state index contributed by atoms with van der Waals surface area (Å²) >= 11 is 12.3. The standard InChI is InChI=1S/C18H18Cl2N2O2/c1-21-7-8-22(11-12-5-3-4-6-16(12)21)18(23)13-9-14(19)17(24-2)15(20)10-13/h3-6,9-10H,7-8,11H2,1-2H3. The molecule has 0 aromatic heterocycles. The number of para-hydroxylation sites is 1. The van der Waals surface area contributed by atoms with Crippen molar-refractivity contribution in [3.63, 3.8) is 0 Å². The highest BCUT2D eigenvalue weighted by Gasteiger charge is 2.23. The van der Waals surface area contributed by atoms with Crippen LogP contribution in [0.1, 0.15) is 15.9 Å². The van der Waals surface area contributed by atoms with Gasteiger partial charge in [0, 0.05) is 37.9 Å². The number of anilines is 1. The summed E-state index contributed by atoms with van der Waals surface area (Å²) in [6.45, 7) is 1.95. The maximum absolute atomic E-state index is 12.9. The molecule has 0 fully saturated rings. The first kappa shape index (κ1) is 16.9.